The topological polar surface area (TPSA) is 57.4 Å². The second-order valence-electron chi connectivity index (χ2n) is 3.65. The number of rotatable bonds is 4. The van der Waals surface area contributed by atoms with E-state index in [0.717, 1.165) is 6.07 Å². The number of hydrogen-bond donors (Lipinski definition) is 1. The quantitative estimate of drug-likeness (QED) is 0.930. The molecule has 0 unspecified atom stereocenters. The van der Waals surface area contributed by atoms with Crippen LogP contribution in [0.25, 0.3) is 0 Å². The van der Waals surface area contributed by atoms with Crippen LogP contribution in [0.5, 0.6) is 17.5 Å². The van der Waals surface area contributed by atoms with Crippen molar-refractivity contribution in [2.45, 2.75) is 6.92 Å². The molecule has 0 atom stereocenters. The molecule has 100 valence electrons. The van der Waals surface area contributed by atoms with Gasteiger partial charge in [0.05, 0.1) is 17.3 Å². The molecule has 0 aliphatic carbocycles. The van der Waals surface area contributed by atoms with E-state index in [1.54, 1.807) is 12.1 Å². The zero-order valence-corrected chi connectivity index (χ0v) is 10.9. The minimum absolute atomic E-state index is 0.164. The summed E-state index contributed by atoms with van der Waals surface area (Å²) in [6, 6.07) is 7.04. The van der Waals surface area contributed by atoms with Crippen molar-refractivity contribution in [3.05, 3.63) is 41.2 Å². The Morgan fingerprint density at radius 2 is 2.11 bits per heavy atom. The highest BCUT2D eigenvalue weighted by atomic mass is 35.5. The summed E-state index contributed by atoms with van der Waals surface area (Å²) in [4.78, 5) is 4.10. The van der Waals surface area contributed by atoms with Crippen LogP contribution < -0.4 is 15.2 Å². The lowest BCUT2D eigenvalue weighted by atomic mass is 10.3. The molecule has 19 heavy (non-hydrogen) atoms. The maximum absolute atomic E-state index is 12.9. The molecule has 1 heterocycles. The van der Waals surface area contributed by atoms with Crippen LogP contribution in [0.4, 0.5) is 10.1 Å². The largest absolute Gasteiger partial charge is 0.476 e. The highest BCUT2D eigenvalue weighted by Gasteiger charge is 2.08. The van der Waals surface area contributed by atoms with E-state index < -0.39 is 5.82 Å². The Labute approximate surface area is 114 Å². The summed E-state index contributed by atoms with van der Waals surface area (Å²) in [6.45, 7) is 2.27. The van der Waals surface area contributed by atoms with Gasteiger partial charge in [-0.3, -0.25) is 0 Å². The minimum atomic E-state index is -0.433. The van der Waals surface area contributed by atoms with Crippen molar-refractivity contribution in [3.8, 4) is 17.5 Å². The summed E-state index contributed by atoms with van der Waals surface area (Å²) in [6.07, 6.45) is 0. The van der Waals surface area contributed by atoms with Gasteiger partial charge in [-0.15, -0.1) is 0 Å². The van der Waals surface area contributed by atoms with Crippen LogP contribution >= 0.6 is 11.6 Å². The number of nitrogens with two attached hydrogens (primary N) is 1. The summed E-state index contributed by atoms with van der Waals surface area (Å²) >= 11 is 5.86. The second-order valence-corrected chi connectivity index (χ2v) is 4.06. The first kappa shape index (κ1) is 13.4. The minimum Gasteiger partial charge on any atom is -0.476 e. The standard InChI is InChI=1S/C13H12ClFN2O2/c1-2-18-13-10(16)4-6-12(17-13)19-11-5-3-8(15)7-9(11)14/h3-7H,2,16H2,1H3. The Morgan fingerprint density at radius 3 is 2.79 bits per heavy atom. The van der Waals surface area contributed by atoms with E-state index in [-0.39, 0.29) is 10.9 Å². The predicted octanol–water partition coefficient (Wildman–Crippen LogP) is 3.65. The third-order valence-corrected chi connectivity index (χ3v) is 2.55. The van der Waals surface area contributed by atoms with Crippen molar-refractivity contribution in [1.82, 2.24) is 4.98 Å². The van der Waals surface area contributed by atoms with E-state index in [1.165, 1.54) is 12.1 Å². The predicted molar refractivity (Wildman–Crippen MR) is 71.3 cm³/mol. The lowest BCUT2D eigenvalue weighted by Gasteiger charge is -2.10. The molecule has 0 bridgehead atoms. The van der Waals surface area contributed by atoms with Gasteiger partial charge in [0.15, 0.2) is 0 Å². The molecule has 0 aliphatic heterocycles. The van der Waals surface area contributed by atoms with Gasteiger partial charge in [0.1, 0.15) is 11.6 Å². The molecule has 0 radical (unpaired) electrons. The molecule has 0 fully saturated rings. The van der Waals surface area contributed by atoms with E-state index >= 15 is 0 Å². The molecule has 0 saturated heterocycles. The highest BCUT2D eigenvalue weighted by Crippen LogP contribution is 2.31. The molecule has 2 rings (SSSR count). The fraction of sp³-hybridized carbons (Fsp3) is 0.154. The van der Waals surface area contributed by atoms with Crippen molar-refractivity contribution in [3.63, 3.8) is 0 Å². The third kappa shape index (κ3) is 3.26. The molecule has 6 heteroatoms. The maximum Gasteiger partial charge on any atom is 0.240 e. The highest BCUT2D eigenvalue weighted by molar-refractivity contribution is 6.32. The summed E-state index contributed by atoms with van der Waals surface area (Å²) in [7, 11) is 0. The molecular weight excluding hydrogens is 271 g/mol. The van der Waals surface area contributed by atoms with Gasteiger partial charge < -0.3 is 15.2 Å². The summed E-state index contributed by atoms with van der Waals surface area (Å²) in [5.74, 6) is 0.435. The molecule has 0 saturated carbocycles. The zero-order chi connectivity index (χ0) is 13.8. The first-order valence-corrected chi connectivity index (χ1v) is 6.00. The third-order valence-electron chi connectivity index (χ3n) is 2.25. The number of nitrogen functional groups attached to an aromatic ring is 1. The van der Waals surface area contributed by atoms with E-state index in [0.29, 0.717) is 23.9 Å². The van der Waals surface area contributed by atoms with Crippen LogP contribution in [0, 0.1) is 5.82 Å². The van der Waals surface area contributed by atoms with Crippen molar-refractivity contribution in [2.75, 3.05) is 12.3 Å². The first-order valence-electron chi connectivity index (χ1n) is 5.62. The van der Waals surface area contributed by atoms with E-state index in [2.05, 4.69) is 4.98 Å². The van der Waals surface area contributed by atoms with Crippen LogP contribution in [0.15, 0.2) is 30.3 Å². The normalized spacial score (nSPS) is 10.3. The molecular formula is C13H12ClFN2O2. The number of hydrogen-bond acceptors (Lipinski definition) is 4. The Hall–Kier alpha value is -2.01. The summed E-state index contributed by atoms with van der Waals surface area (Å²) in [5, 5.41) is 0.164. The molecule has 0 aliphatic rings. The van der Waals surface area contributed by atoms with E-state index in [4.69, 9.17) is 26.8 Å². The van der Waals surface area contributed by atoms with Crippen LogP contribution in [0.3, 0.4) is 0 Å². The van der Waals surface area contributed by atoms with Crippen molar-refractivity contribution in [2.24, 2.45) is 0 Å². The van der Waals surface area contributed by atoms with Gasteiger partial charge in [-0.25, -0.2) is 4.39 Å². The van der Waals surface area contributed by atoms with Gasteiger partial charge in [0.25, 0.3) is 0 Å². The van der Waals surface area contributed by atoms with Crippen LogP contribution in [-0.4, -0.2) is 11.6 Å². The van der Waals surface area contributed by atoms with E-state index in [1.807, 2.05) is 6.92 Å². The fourth-order valence-electron chi connectivity index (χ4n) is 1.41. The second kappa shape index (κ2) is 5.75. The first-order chi connectivity index (χ1) is 9.10. The van der Waals surface area contributed by atoms with Crippen molar-refractivity contribution >= 4 is 17.3 Å². The number of aromatic nitrogens is 1. The average molecular weight is 283 g/mol. The van der Waals surface area contributed by atoms with Crippen molar-refractivity contribution in [1.29, 1.82) is 0 Å². The lowest BCUT2D eigenvalue weighted by Crippen LogP contribution is -2.00. The number of ether oxygens (including phenoxy) is 2. The molecule has 2 aromatic rings. The monoisotopic (exact) mass is 282 g/mol. The number of anilines is 1. The van der Waals surface area contributed by atoms with Gasteiger partial charge in [-0.2, -0.15) is 4.98 Å². The van der Waals surface area contributed by atoms with Crippen LogP contribution in [0.1, 0.15) is 6.92 Å². The molecule has 4 nitrogen and oxygen atoms in total. The molecule has 0 spiro atoms. The maximum atomic E-state index is 12.9. The number of pyridine rings is 1. The molecule has 1 aromatic heterocycles. The van der Waals surface area contributed by atoms with Crippen LogP contribution in [0.2, 0.25) is 5.02 Å². The van der Waals surface area contributed by atoms with E-state index in [9.17, 15) is 4.39 Å². The van der Waals surface area contributed by atoms with Gasteiger partial charge >= 0.3 is 0 Å². The number of halogens is 2. The van der Waals surface area contributed by atoms with Gasteiger partial charge in [0.2, 0.25) is 11.8 Å². The molecule has 2 N–H and O–H groups in total. The van der Waals surface area contributed by atoms with Gasteiger partial charge in [-0.1, -0.05) is 11.6 Å². The number of benzene rings is 1. The number of nitrogens with zero attached hydrogens (tertiary/aromatic N) is 1. The lowest BCUT2D eigenvalue weighted by molar-refractivity contribution is 0.323. The fourth-order valence-corrected chi connectivity index (χ4v) is 1.62. The molecule has 1 aromatic carbocycles. The SMILES string of the molecule is CCOc1nc(Oc2ccc(F)cc2Cl)ccc1N. The smallest absolute Gasteiger partial charge is 0.240 e. The van der Waals surface area contributed by atoms with Crippen LogP contribution in [-0.2, 0) is 0 Å². The Morgan fingerprint density at radius 1 is 1.32 bits per heavy atom. The van der Waals surface area contributed by atoms with Crippen molar-refractivity contribution < 1.29 is 13.9 Å². The zero-order valence-electron chi connectivity index (χ0n) is 10.2. The Balaban J connectivity index is 2.25. The Bertz CT molecular complexity index is 593. The summed E-state index contributed by atoms with van der Waals surface area (Å²) in [5.41, 5.74) is 6.12. The average Bonchev–Trinajstić information content (AvgIpc) is 2.37. The van der Waals surface area contributed by atoms with Gasteiger partial charge in [0, 0.05) is 6.07 Å². The summed E-state index contributed by atoms with van der Waals surface area (Å²) < 4.78 is 23.6. The Kier molecular flexibility index (Phi) is 4.06. The molecule has 0 amide bonds. The van der Waals surface area contributed by atoms with Gasteiger partial charge in [-0.05, 0) is 31.2 Å².